The van der Waals surface area contributed by atoms with Crippen molar-refractivity contribution in [3.05, 3.63) is 23.3 Å². The van der Waals surface area contributed by atoms with E-state index in [0.717, 1.165) is 37.7 Å². The lowest BCUT2D eigenvalue weighted by Crippen LogP contribution is -2.45. The van der Waals surface area contributed by atoms with Crippen LogP contribution < -0.4 is 0 Å². The van der Waals surface area contributed by atoms with Crippen LogP contribution in [-0.4, -0.2) is 56.0 Å². The number of rotatable bonds is 4. The zero-order chi connectivity index (χ0) is 25.1. The highest BCUT2D eigenvalue weighted by Crippen LogP contribution is 2.87. The first-order chi connectivity index (χ1) is 15.8. The van der Waals surface area contributed by atoms with Gasteiger partial charge in [0.15, 0.2) is 0 Å². The van der Waals surface area contributed by atoms with E-state index in [9.17, 15) is 20.4 Å². The summed E-state index contributed by atoms with van der Waals surface area (Å²) < 4.78 is 6.49. The van der Waals surface area contributed by atoms with Gasteiger partial charge in [-0.05, 0) is 82.0 Å². The fraction of sp³-hybridized carbons (Fsp3) is 0.862. The second-order valence-electron chi connectivity index (χ2n) is 13.1. The maximum absolute atomic E-state index is 11.9. The van der Waals surface area contributed by atoms with Crippen molar-refractivity contribution in [1.82, 2.24) is 0 Å². The minimum atomic E-state index is -0.904. The highest BCUT2D eigenvalue weighted by atomic mass is 16.6. The summed E-state index contributed by atoms with van der Waals surface area (Å²) in [6.07, 6.45) is 5.98. The van der Waals surface area contributed by atoms with Crippen LogP contribution in [0.3, 0.4) is 0 Å². The van der Waals surface area contributed by atoms with Crippen LogP contribution in [0.15, 0.2) is 23.3 Å². The van der Waals surface area contributed by atoms with Crippen LogP contribution in [0.5, 0.6) is 0 Å². The number of aliphatic hydroxyl groups is 4. The molecule has 0 bridgehead atoms. The minimum Gasteiger partial charge on any atom is -0.396 e. The van der Waals surface area contributed by atoms with Gasteiger partial charge in [0.1, 0.15) is 11.2 Å². The van der Waals surface area contributed by atoms with Gasteiger partial charge in [0.25, 0.3) is 0 Å². The van der Waals surface area contributed by atoms with E-state index in [0.29, 0.717) is 19.3 Å². The molecular formula is C29H46O5. The summed E-state index contributed by atoms with van der Waals surface area (Å²) in [4.78, 5) is 0. The van der Waals surface area contributed by atoms with Crippen molar-refractivity contribution in [2.45, 2.75) is 122 Å². The third-order valence-corrected chi connectivity index (χ3v) is 11.2. The Morgan fingerprint density at radius 1 is 1.18 bits per heavy atom. The maximum atomic E-state index is 11.9. The molecular weight excluding hydrogens is 428 g/mol. The number of hydrogen-bond acceptors (Lipinski definition) is 5. The highest BCUT2D eigenvalue weighted by molar-refractivity contribution is 5.54. The molecule has 5 nitrogen and oxygen atoms in total. The van der Waals surface area contributed by atoms with Crippen molar-refractivity contribution in [2.75, 3.05) is 6.61 Å². The Labute approximate surface area is 205 Å². The first-order valence-electron chi connectivity index (χ1n) is 13.6. The molecule has 5 fully saturated rings. The largest absolute Gasteiger partial charge is 0.396 e. The van der Waals surface area contributed by atoms with Crippen molar-refractivity contribution in [1.29, 1.82) is 0 Å². The van der Waals surface area contributed by atoms with Crippen molar-refractivity contribution in [2.24, 2.45) is 28.1 Å². The Hall–Kier alpha value is -0.720. The van der Waals surface area contributed by atoms with Gasteiger partial charge in [0, 0.05) is 24.9 Å². The van der Waals surface area contributed by atoms with Gasteiger partial charge in [0.05, 0.1) is 17.8 Å². The summed E-state index contributed by atoms with van der Waals surface area (Å²) in [6.45, 7) is 16.3. The zero-order valence-corrected chi connectivity index (χ0v) is 22.1. The van der Waals surface area contributed by atoms with Gasteiger partial charge in [-0.25, -0.2) is 0 Å². The lowest BCUT2D eigenvalue weighted by molar-refractivity contribution is -0.117. The van der Waals surface area contributed by atoms with Crippen LogP contribution in [0, 0.1) is 28.1 Å². The molecule has 4 saturated carbocycles. The summed E-state index contributed by atoms with van der Waals surface area (Å²) in [5, 5.41) is 43.6. The zero-order valence-electron chi connectivity index (χ0n) is 22.1. The van der Waals surface area contributed by atoms with Crippen LogP contribution in [0.1, 0.15) is 92.9 Å². The van der Waals surface area contributed by atoms with E-state index in [1.165, 1.54) is 11.1 Å². The lowest BCUT2D eigenvalue weighted by atomic mass is 9.56. The van der Waals surface area contributed by atoms with Gasteiger partial charge in [-0.2, -0.15) is 0 Å². The topological polar surface area (TPSA) is 90.2 Å². The minimum absolute atomic E-state index is 0.0411. The molecule has 5 heteroatoms. The van der Waals surface area contributed by atoms with Crippen LogP contribution in [-0.2, 0) is 4.74 Å². The molecule has 0 aromatic rings. The molecule has 34 heavy (non-hydrogen) atoms. The normalized spacial score (nSPS) is 52.3. The lowest BCUT2D eigenvalue weighted by Gasteiger charge is -2.50. The Morgan fingerprint density at radius 3 is 2.41 bits per heavy atom. The van der Waals surface area contributed by atoms with E-state index in [1.807, 2.05) is 20.8 Å². The van der Waals surface area contributed by atoms with E-state index in [2.05, 4.69) is 13.5 Å². The van der Waals surface area contributed by atoms with Crippen LogP contribution >= 0.6 is 0 Å². The monoisotopic (exact) mass is 474 g/mol. The van der Waals surface area contributed by atoms with Crippen molar-refractivity contribution < 1.29 is 25.2 Å². The molecule has 0 radical (unpaired) electrons. The molecule has 1 saturated heterocycles. The molecule has 9 atom stereocenters. The second-order valence-corrected chi connectivity index (χ2v) is 13.1. The van der Waals surface area contributed by atoms with Gasteiger partial charge in [0.2, 0.25) is 0 Å². The molecule has 192 valence electrons. The van der Waals surface area contributed by atoms with Crippen molar-refractivity contribution in [3.8, 4) is 0 Å². The molecule has 5 aliphatic carbocycles. The van der Waals surface area contributed by atoms with E-state index in [-0.39, 0.29) is 40.8 Å². The summed E-state index contributed by atoms with van der Waals surface area (Å²) in [5.74, 6) is 0.108. The fourth-order valence-electron chi connectivity index (χ4n) is 10.0. The van der Waals surface area contributed by atoms with Crippen LogP contribution in [0.25, 0.3) is 0 Å². The fourth-order valence-corrected chi connectivity index (χ4v) is 10.0. The van der Waals surface area contributed by atoms with Crippen molar-refractivity contribution in [3.63, 3.8) is 0 Å². The van der Waals surface area contributed by atoms with Gasteiger partial charge in [-0.3, -0.25) is 0 Å². The molecule has 1 unspecified atom stereocenters. The molecule has 0 aromatic carbocycles. The molecule has 0 aromatic heterocycles. The average Bonchev–Trinajstić information content (AvgIpc) is 3.34. The van der Waals surface area contributed by atoms with E-state index in [4.69, 9.17) is 4.74 Å². The van der Waals surface area contributed by atoms with E-state index >= 15 is 0 Å². The summed E-state index contributed by atoms with van der Waals surface area (Å²) in [7, 11) is 0. The number of hydrogen-bond donors (Lipinski definition) is 4. The molecule has 0 amide bonds. The standard InChI is InChI=1S/C27H40O5.C2H6/c1-15(2)20-18(29)12-16-17-13-26(31)21(27(26)7-6-19(32-27)22(3,4)30)23(17,5)8-9-24(16)14-25(20,24)10-11-28;1-2/h18-21,28-31H,1,6-14H2,2-5H3;1-2H3/t18-,19-,20+,21+,23-,24?,25+,26-,27+;/m0./s1. The van der Waals surface area contributed by atoms with E-state index in [1.54, 1.807) is 13.8 Å². The van der Waals surface area contributed by atoms with Gasteiger partial charge in [-0.15, -0.1) is 0 Å². The maximum Gasteiger partial charge on any atom is 0.105 e. The first kappa shape index (κ1) is 25.0. The molecule has 4 N–H and O–H groups in total. The average molecular weight is 475 g/mol. The predicted octanol–water partition coefficient (Wildman–Crippen LogP) is 4.28. The summed E-state index contributed by atoms with van der Waals surface area (Å²) in [5.41, 5.74) is 1.35. The third kappa shape index (κ3) is 2.64. The Bertz CT molecular complexity index is 933. The predicted molar refractivity (Wildman–Crippen MR) is 132 cm³/mol. The summed E-state index contributed by atoms with van der Waals surface area (Å²) >= 11 is 0. The van der Waals surface area contributed by atoms with E-state index < -0.39 is 22.9 Å². The molecule has 1 aliphatic heterocycles. The Balaban J connectivity index is 0.00000117. The smallest absolute Gasteiger partial charge is 0.105 e. The number of aliphatic hydroxyl groups excluding tert-OH is 2. The van der Waals surface area contributed by atoms with Crippen molar-refractivity contribution >= 4 is 0 Å². The number of fused-ring (bicyclic) bond motifs is 5. The van der Waals surface area contributed by atoms with Crippen LogP contribution in [0.2, 0.25) is 0 Å². The van der Waals surface area contributed by atoms with Gasteiger partial charge < -0.3 is 25.2 Å². The molecule has 6 aliphatic rings. The van der Waals surface area contributed by atoms with Crippen LogP contribution in [0.4, 0.5) is 0 Å². The quantitative estimate of drug-likeness (QED) is 0.457. The molecule has 2 spiro atoms. The van der Waals surface area contributed by atoms with Gasteiger partial charge in [-0.1, -0.05) is 44.1 Å². The summed E-state index contributed by atoms with van der Waals surface area (Å²) in [6, 6.07) is 0. The highest BCUT2D eigenvalue weighted by Gasteiger charge is 2.89. The first-order valence-corrected chi connectivity index (χ1v) is 13.6. The third-order valence-electron chi connectivity index (χ3n) is 11.2. The molecule has 1 heterocycles. The second kappa shape index (κ2) is 7.19. The molecule has 6 rings (SSSR count). The Morgan fingerprint density at radius 2 is 1.85 bits per heavy atom. The van der Waals surface area contributed by atoms with Gasteiger partial charge >= 0.3 is 0 Å². The SMILES string of the molecule is C=C(C)[C@@H]1[C@@H](O)CC2=C3C[C@]4(O)[C@@H]([C@@]3(C)CCC23C[C@]13CCO)[C@]41CC[C@@H](C(C)(C)O)O1.CC. The number of ether oxygens (including phenoxy) is 1. The Kier molecular flexibility index (Phi) is 5.28.